The number of methoxy groups -OCH3 is 3. The molecule has 0 saturated carbocycles. The zero-order valence-electron chi connectivity index (χ0n) is 15.6. The van der Waals surface area contributed by atoms with Gasteiger partial charge in [0, 0.05) is 17.7 Å². The van der Waals surface area contributed by atoms with Crippen LogP contribution < -0.4 is 19.9 Å². The molecular formula is C18H19N5O5. The second kappa shape index (κ2) is 7.82. The van der Waals surface area contributed by atoms with Gasteiger partial charge in [0.05, 0.1) is 32.8 Å². The molecule has 146 valence electrons. The number of aromatic nitrogens is 3. The molecule has 0 unspecified atom stereocenters. The summed E-state index contributed by atoms with van der Waals surface area (Å²) < 4.78 is 17.5. The summed E-state index contributed by atoms with van der Waals surface area (Å²) in [6.45, 7) is 0.321. The number of non-ortho nitro benzene ring substituents is 1. The lowest BCUT2D eigenvalue weighted by molar-refractivity contribution is -0.384. The van der Waals surface area contributed by atoms with Crippen LogP contribution in [0, 0.1) is 10.1 Å². The molecule has 0 aliphatic heterocycles. The van der Waals surface area contributed by atoms with Crippen LogP contribution in [0.1, 0.15) is 5.56 Å². The standard InChI is InChI=1S/C18H19N5O5/c1-26-14-8-12(9-15(27-2)16(14)28-3)17-20-18(19)22(21-17)10-11-4-6-13(7-5-11)23(24)25/h4-9H,10H2,1-3H3,(H2,19,20,21). The van der Waals surface area contributed by atoms with Gasteiger partial charge in [-0.1, -0.05) is 12.1 Å². The number of rotatable bonds is 7. The predicted octanol–water partition coefficient (Wildman–Crippen LogP) is 2.51. The first-order valence-electron chi connectivity index (χ1n) is 8.20. The van der Waals surface area contributed by atoms with E-state index in [-0.39, 0.29) is 11.6 Å². The van der Waals surface area contributed by atoms with E-state index in [1.807, 2.05) is 0 Å². The van der Waals surface area contributed by atoms with Crippen molar-refractivity contribution in [2.75, 3.05) is 27.1 Å². The summed E-state index contributed by atoms with van der Waals surface area (Å²) in [6, 6.07) is 9.63. The SMILES string of the molecule is COc1cc(-c2nc(N)n(Cc3ccc([N+](=O)[O-])cc3)n2)cc(OC)c1OC. The van der Waals surface area contributed by atoms with Crippen LogP contribution in [0.25, 0.3) is 11.4 Å². The average Bonchev–Trinajstić information content (AvgIpc) is 3.07. The van der Waals surface area contributed by atoms with Crippen LogP contribution in [-0.2, 0) is 6.54 Å². The summed E-state index contributed by atoms with van der Waals surface area (Å²) in [7, 11) is 4.57. The summed E-state index contributed by atoms with van der Waals surface area (Å²) in [5.41, 5.74) is 7.46. The van der Waals surface area contributed by atoms with Crippen LogP contribution in [0.3, 0.4) is 0 Å². The number of nitrogens with two attached hydrogens (primary N) is 1. The van der Waals surface area contributed by atoms with E-state index in [1.165, 1.54) is 38.1 Å². The van der Waals surface area contributed by atoms with Gasteiger partial charge in [0.25, 0.3) is 5.69 Å². The number of nitrogens with zero attached hydrogens (tertiary/aromatic N) is 4. The molecule has 0 atom stereocenters. The normalized spacial score (nSPS) is 10.5. The van der Waals surface area contributed by atoms with Crippen molar-refractivity contribution in [3.8, 4) is 28.6 Å². The lowest BCUT2D eigenvalue weighted by Gasteiger charge is -2.12. The zero-order chi connectivity index (χ0) is 20.3. The smallest absolute Gasteiger partial charge is 0.269 e. The van der Waals surface area contributed by atoms with Gasteiger partial charge in [-0.15, -0.1) is 5.10 Å². The Morgan fingerprint density at radius 3 is 2.18 bits per heavy atom. The molecule has 0 fully saturated rings. The second-order valence-electron chi connectivity index (χ2n) is 5.79. The second-order valence-corrected chi connectivity index (χ2v) is 5.79. The Kier molecular flexibility index (Phi) is 5.30. The third kappa shape index (κ3) is 3.65. The van der Waals surface area contributed by atoms with Crippen LogP contribution in [0.2, 0.25) is 0 Å². The van der Waals surface area contributed by atoms with Gasteiger partial charge in [-0.3, -0.25) is 10.1 Å². The summed E-state index contributed by atoms with van der Waals surface area (Å²) in [4.78, 5) is 14.6. The van der Waals surface area contributed by atoms with Crippen molar-refractivity contribution in [1.82, 2.24) is 14.8 Å². The first kappa shape index (κ1) is 19.0. The molecule has 10 nitrogen and oxygen atoms in total. The van der Waals surface area contributed by atoms with Gasteiger partial charge < -0.3 is 19.9 Å². The molecule has 0 saturated heterocycles. The Balaban J connectivity index is 1.92. The fraction of sp³-hybridized carbons (Fsp3) is 0.222. The molecule has 3 rings (SSSR count). The maximum absolute atomic E-state index is 10.8. The molecule has 1 aromatic heterocycles. The minimum atomic E-state index is -0.448. The van der Waals surface area contributed by atoms with E-state index in [0.717, 1.165) is 5.56 Å². The highest BCUT2D eigenvalue weighted by molar-refractivity contribution is 5.67. The maximum Gasteiger partial charge on any atom is 0.269 e. The quantitative estimate of drug-likeness (QED) is 0.485. The molecule has 0 bridgehead atoms. The Hall–Kier alpha value is -3.82. The highest BCUT2D eigenvalue weighted by Gasteiger charge is 2.17. The topological polar surface area (TPSA) is 128 Å². The van der Waals surface area contributed by atoms with E-state index in [4.69, 9.17) is 19.9 Å². The van der Waals surface area contributed by atoms with Crippen molar-refractivity contribution in [2.24, 2.45) is 0 Å². The number of ether oxygens (including phenoxy) is 3. The fourth-order valence-electron chi connectivity index (χ4n) is 2.70. The number of hydrogen-bond acceptors (Lipinski definition) is 8. The molecule has 3 aromatic rings. The van der Waals surface area contributed by atoms with Gasteiger partial charge in [-0.05, 0) is 17.7 Å². The van der Waals surface area contributed by atoms with Crippen LogP contribution >= 0.6 is 0 Å². The summed E-state index contributed by atoms with van der Waals surface area (Å²) >= 11 is 0. The van der Waals surface area contributed by atoms with Gasteiger partial charge in [0.15, 0.2) is 17.3 Å². The molecule has 2 aromatic carbocycles. The first-order chi connectivity index (χ1) is 13.5. The van der Waals surface area contributed by atoms with Gasteiger partial charge >= 0.3 is 0 Å². The summed E-state index contributed by atoms with van der Waals surface area (Å²) in [6.07, 6.45) is 0. The minimum absolute atomic E-state index is 0.0217. The van der Waals surface area contributed by atoms with E-state index in [9.17, 15) is 10.1 Å². The lowest BCUT2D eigenvalue weighted by atomic mass is 10.1. The van der Waals surface area contributed by atoms with Crippen LogP contribution in [0.5, 0.6) is 17.2 Å². The Morgan fingerprint density at radius 1 is 1.07 bits per heavy atom. The van der Waals surface area contributed by atoms with Crippen molar-refractivity contribution in [3.05, 3.63) is 52.1 Å². The molecule has 0 amide bonds. The number of nitrogen functional groups attached to an aromatic ring is 1. The molecular weight excluding hydrogens is 366 g/mol. The van der Waals surface area contributed by atoms with Gasteiger partial charge in [0.2, 0.25) is 11.7 Å². The van der Waals surface area contributed by atoms with Crippen molar-refractivity contribution < 1.29 is 19.1 Å². The van der Waals surface area contributed by atoms with Crippen LogP contribution in [0.15, 0.2) is 36.4 Å². The van der Waals surface area contributed by atoms with E-state index in [0.29, 0.717) is 35.2 Å². The molecule has 0 radical (unpaired) electrons. The van der Waals surface area contributed by atoms with E-state index in [2.05, 4.69) is 10.1 Å². The van der Waals surface area contributed by atoms with E-state index < -0.39 is 4.92 Å². The zero-order valence-corrected chi connectivity index (χ0v) is 15.6. The highest BCUT2D eigenvalue weighted by Crippen LogP contribution is 2.40. The number of hydrogen-bond donors (Lipinski definition) is 1. The van der Waals surface area contributed by atoms with E-state index in [1.54, 1.807) is 24.3 Å². The van der Waals surface area contributed by atoms with Crippen molar-refractivity contribution in [2.45, 2.75) is 6.54 Å². The largest absolute Gasteiger partial charge is 0.493 e. The van der Waals surface area contributed by atoms with Gasteiger partial charge in [-0.2, -0.15) is 4.98 Å². The number of anilines is 1. The number of nitro benzene ring substituents is 1. The predicted molar refractivity (Wildman–Crippen MR) is 102 cm³/mol. The molecule has 0 aliphatic carbocycles. The van der Waals surface area contributed by atoms with Gasteiger partial charge in [-0.25, -0.2) is 4.68 Å². The molecule has 0 aliphatic rings. The number of nitro groups is 1. The maximum atomic E-state index is 10.8. The van der Waals surface area contributed by atoms with Crippen molar-refractivity contribution in [1.29, 1.82) is 0 Å². The summed E-state index contributed by atoms with van der Waals surface area (Å²) in [5, 5.41) is 15.2. The van der Waals surface area contributed by atoms with Crippen LogP contribution in [-0.4, -0.2) is 41.0 Å². The summed E-state index contributed by atoms with van der Waals surface area (Å²) in [5.74, 6) is 2.01. The molecule has 1 heterocycles. The first-order valence-corrected chi connectivity index (χ1v) is 8.20. The molecule has 28 heavy (non-hydrogen) atoms. The fourth-order valence-corrected chi connectivity index (χ4v) is 2.70. The van der Waals surface area contributed by atoms with E-state index >= 15 is 0 Å². The molecule has 2 N–H and O–H groups in total. The van der Waals surface area contributed by atoms with Crippen molar-refractivity contribution >= 4 is 11.6 Å². The Labute approximate surface area is 160 Å². The Bertz CT molecular complexity index is 975. The average molecular weight is 385 g/mol. The Morgan fingerprint density at radius 2 is 1.68 bits per heavy atom. The molecule has 10 heteroatoms. The van der Waals surface area contributed by atoms with Gasteiger partial charge in [0.1, 0.15) is 0 Å². The van der Waals surface area contributed by atoms with Crippen molar-refractivity contribution in [3.63, 3.8) is 0 Å². The highest BCUT2D eigenvalue weighted by atomic mass is 16.6. The minimum Gasteiger partial charge on any atom is -0.493 e. The third-order valence-corrected chi connectivity index (χ3v) is 4.10. The lowest BCUT2D eigenvalue weighted by Crippen LogP contribution is -2.06. The third-order valence-electron chi connectivity index (χ3n) is 4.10. The monoisotopic (exact) mass is 385 g/mol. The number of benzene rings is 2. The molecule has 0 spiro atoms. The van der Waals surface area contributed by atoms with Crippen LogP contribution in [0.4, 0.5) is 11.6 Å².